The molecule has 9 nitrogen and oxygen atoms in total. The molecule has 0 unspecified atom stereocenters. The first kappa shape index (κ1) is 17.4. The van der Waals surface area contributed by atoms with Crippen molar-refractivity contribution in [2.45, 2.75) is 20.8 Å². The van der Waals surface area contributed by atoms with Crippen molar-refractivity contribution < 1.29 is 0 Å². The van der Waals surface area contributed by atoms with Crippen molar-refractivity contribution in [1.29, 1.82) is 0 Å². The maximum atomic E-state index is 4.69. The van der Waals surface area contributed by atoms with Gasteiger partial charge in [-0.3, -0.25) is 4.68 Å². The summed E-state index contributed by atoms with van der Waals surface area (Å²) in [6.07, 6.45) is 1.85. The first-order valence-electron chi connectivity index (χ1n) is 9.31. The Hall–Kier alpha value is -2.97. The van der Waals surface area contributed by atoms with Crippen LogP contribution in [0.15, 0.2) is 12.3 Å². The smallest absolute Gasteiger partial charge is 0.227 e. The molecule has 3 aromatic heterocycles. The average Bonchev–Trinajstić information content (AvgIpc) is 3.02. The Morgan fingerprint density at radius 1 is 1.00 bits per heavy atom. The number of piperazine rings is 1. The number of nitrogens with one attached hydrogen (secondary N) is 1. The fraction of sp³-hybridized carbons (Fsp3) is 0.500. The minimum Gasteiger partial charge on any atom is -0.370 e. The third-order valence-corrected chi connectivity index (χ3v) is 4.75. The standard InChI is InChI=1S/C18H25N9/c1-5-19-15-10-12(2)21-18(24-15)27-8-6-26(7-9-27)17-14-11-20-25(4)16(14)22-13(3)23-17/h10-11H,5-9H2,1-4H3,(H,19,21,24). The molecule has 0 amide bonds. The highest BCUT2D eigenvalue weighted by Crippen LogP contribution is 2.25. The second-order valence-corrected chi connectivity index (χ2v) is 6.80. The van der Waals surface area contributed by atoms with E-state index in [4.69, 9.17) is 4.98 Å². The van der Waals surface area contributed by atoms with Gasteiger partial charge in [-0.2, -0.15) is 10.1 Å². The molecular formula is C18H25N9. The zero-order chi connectivity index (χ0) is 19.0. The summed E-state index contributed by atoms with van der Waals surface area (Å²) >= 11 is 0. The quantitative estimate of drug-likeness (QED) is 0.743. The van der Waals surface area contributed by atoms with Crippen molar-refractivity contribution in [3.63, 3.8) is 0 Å². The first-order valence-corrected chi connectivity index (χ1v) is 9.31. The lowest BCUT2D eigenvalue weighted by molar-refractivity contribution is 0.634. The van der Waals surface area contributed by atoms with E-state index in [1.165, 1.54) is 0 Å². The lowest BCUT2D eigenvalue weighted by Crippen LogP contribution is -2.47. The van der Waals surface area contributed by atoms with Gasteiger partial charge in [-0.1, -0.05) is 0 Å². The molecule has 0 bridgehead atoms. The molecule has 4 heterocycles. The van der Waals surface area contributed by atoms with Gasteiger partial charge in [0.1, 0.15) is 17.5 Å². The van der Waals surface area contributed by atoms with Gasteiger partial charge in [-0.25, -0.2) is 15.0 Å². The molecular weight excluding hydrogens is 342 g/mol. The molecule has 1 fully saturated rings. The minimum absolute atomic E-state index is 0.765. The van der Waals surface area contributed by atoms with Crippen LogP contribution in [0.5, 0.6) is 0 Å². The van der Waals surface area contributed by atoms with Crippen molar-refractivity contribution in [2.75, 3.05) is 47.8 Å². The van der Waals surface area contributed by atoms with Gasteiger partial charge in [-0.05, 0) is 20.8 Å². The van der Waals surface area contributed by atoms with Crippen LogP contribution in [0.2, 0.25) is 0 Å². The van der Waals surface area contributed by atoms with E-state index in [0.29, 0.717) is 0 Å². The van der Waals surface area contributed by atoms with E-state index >= 15 is 0 Å². The number of aryl methyl sites for hydroxylation is 3. The number of hydrogen-bond acceptors (Lipinski definition) is 8. The Bertz CT molecular complexity index is 957. The summed E-state index contributed by atoms with van der Waals surface area (Å²) in [5.74, 6) is 3.39. The van der Waals surface area contributed by atoms with Gasteiger partial charge in [0, 0.05) is 51.5 Å². The van der Waals surface area contributed by atoms with E-state index in [1.807, 2.05) is 33.2 Å². The normalized spacial score (nSPS) is 14.8. The fourth-order valence-electron chi connectivity index (χ4n) is 3.44. The largest absolute Gasteiger partial charge is 0.370 e. The zero-order valence-electron chi connectivity index (χ0n) is 16.3. The molecule has 1 aliphatic heterocycles. The number of nitrogens with zero attached hydrogens (tertiary/aromatic N) is 8. The van der Waals surface area contributed by atoms with Crippen molar-refractivity contribution in [1.82, 2.24) is 29.7 Å². The maximum absolute atomic E-state index is 4.69. The van der Waals surface area contributed by atoms with Crippen molar-refractivity contribution in [3.8, 4) is 0 Å². The summed E-state index contributed by atoms with van der Waals surface area (Å²) in [5.41, 5.74) is 1.85. The Balaban J connectivity index is 1.55. The number of fused-ring (bicyclic) bond motifs is 1. The SMILES string of the molecule is CCNc1cc(C)nc(N2CCN(c3nc(C)nc4c3cnn4C)CC2)n1. The van der Waals surface area contributed by atoms with Crippen LogP contribution in [0.1, 0.15) is 18.4 Å². The van der Waals surface area contributed by atoms with Crippen LogP contribution < -0.4 is 15.1 Å². The Labute approximate surface area is 158 Å². The molecule has 1 aliphatic rings. The van der Waals surface area contributed by atoms with E-state index in [9.17, 15) is 0 Å². The van der Waals surface area contributed by atoms with E-state index in [-0.39, 0.29) is 0 Å². The van der Waals surface area contributed by atoms with Gasteiger partial charge < -0.3 is 15.1 Å². The molecule has 0 aromatic carbocycles. The summed E-state index contributed by atoms with van der Waals surface area (Å²) in [7, 11) is 1.91. The zero-order valence-corrected chi connectivity index (χ0v) is 16.3. The first-order chi connectivity index (χ1) is 13.0. The van der Waals surface area contributed by atoms with Gasteiger partial charge in [0.15, 0.2) is 5.65 Å². The summed E-state index contributed by atoms with van der Waals surface area (Å²) < 4.78 is 1.80. The molecule has 0 saturated carbocycles. The number of hydrogen-bond donors (Lipinski definition) is 1. The van der Waals surface area contributed by atoms with Gasteiger partial charge >= 0.3 is 0 Å². The molecule has 0 radical (unpaired) electrons. The molecule has 27 heavy (non-hydrogen) atoms. The predicted octanol–water partition coefficient (Wildman–Crippen LogP) is 1.53. The van der Waals surface area contributed by atoms with Crippen LogP contribution >= 0.6 is 0 Å². The maximum Gasteiger partial charge on any atom is 0.227 e. The summed E-state index contributed by atoms with van der Waals surface area (Å²) in [6.45, 7) is 10.2. The fourth-order valence-corrected chi connectivity index (χ4v) is 3.44. The second-order valence-electron chi connectivity index (χ2n) is 6.80. The molecule has 0 atom stereocenters. The van der Waals surface area contributed by atoms with E-state index in [0.717, 1.165) is 72.9 Å². The molecule has 9 heteroatoms. The van der Waals surface area contributed by atoms with Crippen LogP contribution in [-0.4, -0.2) is 62.4 Å². The van der Waals surface area contributed by atoms with Crippen LogP contribution in [0, 0.1) is 13.8 Å². The van der Waals surface area contributed by atoms with E-state index < -0.39 is 0 Å². The van der Waals surface area contributed by atoms with Crippen molar-refractivity contribution in [2.24, 2.45) is 7.05 Å². The number of rotatable bonds is 4. The topological polar surface area (TPSA) is 87.9 Å². The molecule has 4 rings (SSSR count). The molecule has 0 aliphatic carbocycles. The molecule has 1 N–H and O–H groups in total. The van der Waals surface area contributed by atoms with Crippen LogP contribution in [0.3, 0.4) is 0 Å². The van der Waals surface area contributed by atoms with Crippen LogP contribution in [-0.2, 0) is 7.05 Å². The Morgan fingerprint density at radius 3 is 2.48 bits per heavy atom. The minimum atomic E-state index is 0.765. The highest BCUT2D eigenvalue weighted by Gasteiger charge is 2.23. The van der Waals surface area contributed by atoms with Crippen LogP contribution in [0.25, 0.3) is 11.0 Å². The van der Waals surface area contributed by atoms with Gasteiger partial charge in [0.25, 0.3) is 0 Å². The second kappa shape index (κ2) is 6.98. The highest BCUT2D eigenvalue weighted by molar-refractivity contribution is 5.87. The lowest BCUT2D eigenvalue weighted by Gasteiger charge is -2.35. The van der Waals surface area contributed by atoms with E-state index in [2.05, 4.69) is 42.1 Å². The predicted molar refractivity (Wildman–Crippen MR) is 106 cm³/mol. The summed E-state index contributed by atoms with van der Waals surface area (Å²) in [6, 6.07) is 1.98. The third kappa shape index (κ3) is 3.36. The van der Waals surface area contributed by atoms with Crippen molar-refractivity contribution in [3.05, 3.63) is 23.8 Å². The van der Waals surface area contributed by atoms with Crippen molar-refractivity contribution >= 4 is 28.6 Å². The van der Waals surface area contributed by atoms with Gasteiger partial charge in [0.05, 0.1) is 11.6 Å². The lowest BCUT2D eigenvalue weighted by atomic mass is 10.3. The third-order valence-electron chi connectivity index (χ3n) is 4.75. The molecule has 142 valence electrons. The van der Waals surface area contributed by atoms with Gasteiger partial charge in [0.2, 0.25) is 5.95 Å². The Morgan fingerprint density at radius 2 is 1.74 bits per heavy atom. The number of aromatic nitrogens is 6. The van der Waals surface area contributed by atoms with Crippen LogP contribution in [0.4, 0.5) is 17.6 Å². The monoisotopic (exact) mass is 367 g/mol. The molecule has 3 aromatic rings. The number of anilines is 3. The summed E-state index contributed by atoms with van der Waals surface area (Å²) in [5, 5.41) is 8.62. The summed E-state index contributed by atoms with van der Waals surface area (Å²) in [4.78, 5) is 23.0. The van der Waals surface area contributed by atoms with Gasteiger partial charge in [-0.15, -0.1) is 0 Å². The highest BCUT2D eigenvalue weighted by atomic mass is 15.4. The van der Waals surface area contributed by atoms with E-state index in [1.54, 1.807) is 4.68 Å². The molecule has 0 spiro atoms. The average molecular weight is 367 g/mol. The Kier molecular flexibility index (Phi) is 4.51. The molecule has 1 saturated heterocycles.